The number of rotatable bonds is 5. The SMILES string of the molecule is CCC(C)(C)NC(=O)CN1CCCC(C)(C(=O)O)C1. The van der Waals surface area contributed by atoms with E-state index in [1.807, 2.05) is 25.7 Å². The summed E-state index contributed by atoms with van der Waals surface area (Å²) in [5.41, 5.74) is -0.929. The van der Waals surface area contributed by atoms with Crippen molar-refractivity contribution in [1.82, 2.24) is 10.2 Å². The van der Waals surface area contributed by atoms with Crippen LogP contribution in [0.25, 0.3) is 0 Å². The van der Waals surface area contributed by atoms with Crippen molar-refractivity contribution < 1.29 is 14.7 Å². The molecular formula is C14H26N2O3. The topological polar surface area (TPSA) is 69.6 Å². The van der Waals surface area contributed by atoms with Crippen LogP contribution in [0.5, 0.6) is 0 Å². The van der Waals surface area contributed by atoms with Gasteiger partial charge in [-0.15, -0.1) is 0 Å². The van der Waals surface area contributed by atoms with E-state index in [1.54, 1.807) is 6.92 Å². The molecule has 1 saturated heterocycles. The molecule has 2 N–H and O–H groups in total. The lowest BCUT2D eigenvalue weighted by molar-refractivity contribution is -0.151. The summed E-state index contributed by atoms with van der Waals surface area (Å²) in [6, 6.07) is 0. The Morgan fingerprint density at radius 2 is 2.05 bits per heavy atom. The number of hydrogen-bond acceptors (Lipinski definition) is 3. The minimum atomic E-state index is -0.772. The molecule has 0 spiro atoms. The first kappa shape index (κ1) is 16.0. The van der Waals surface area contributed by atoms with Crippen LogP contribution in [0, 0.1) is 5.41 Å². The minimum absolute atomic E-state index is 0.0264. The molecule has 1 aliphatic rings. The minimum Gasteiger partial charge on any atom is -0.481 e. The lowest BCUT2D eigenvalue weighted by atomic mass is 9.82. The number of nitrogens with one attached hydrogen (secondary N) is 1. The van der Waals surface area contributed by atoms with E-state index >= 15 is 0 Å². The van der Waals surface area contributed by atoms with Crippen LogP contribution in [0.1, 0.15) is 47.0 Å². The Morgan fingerprint density at radius 1 is 1.42 bits per heavy atom. The van der Waals surface area contributed by atoms with Crippen molar-refractivity contribution in [1.29, 1.82) is 0 Å². The van der Waals surface area contributed by atoms with Crippen LogP contribution in [-0.4, -0.2) is 47.1 Å². The molecule has 1 unspecified atom stereocenters. The highest BCUT2D eigenvalue weighted by atomic mass is 16.4. The zero-order chi connectivity index (χ0) is 14.7. The second kappa shape index (κ2) is 5.90. The number of nitrogens with zero attached hydrogens (tertiary/aromatic N) is 1. The molecule has 0 radical (unpaired) electrons. The summed E-state index contributed by atoms with van der Waals surface area (Å²) in [6.45, 7) is 9.29. The maximum atomic E-state index is 12.0. The summed E-state index contributed by atoms with van der Waals surface area (Å²) >= 11 is 0. The number of likely N-dealkylation sites (tertiary alicyclic amines) is 1. The molecule has 0 aromatic carbocycles. The van der Waals surface area contributed by atoms with Crippen LogP contribution in [0.15, 0.2) is 0 Å². The van der Waals surface area contributed by atoms with Crippen molar-refractivity contribution in [2.75, 3.05) is 19.6 Å². The quantitative estimate of drug-likeness (QED) is 0.794. The number of carboxylic acid groups (broad SMARTS) is 1. The highest BCUT2D eigenvalue weighted by Gasteiger charge is 2.38. The van der Waals surface area contributed by atoms with E-state index in [0.717, 1.165) is 19.4 Å². The first-order chi connectivity index (χ1) is 8.68. The van der Waals surface area contributed by atoms with Crippen LogP contribution < -0.4 is 5.32 Å². The maximum absolute atomic E-state index is 12.0. The fourth-order valence-corrected chi connectivity index (χ4v) is 2.36. The monoisotopic (exact) mass is 270 g/mol. The van der Waals surface area contributed by atoms with Crippen LogP contribution in [0.3, 0.4) is 0 Å². The van der Waals surface area contributed by atoms with E-state index in [-0.39, 0.29) is 18.0 Å². The van der Waals surface area contributed by atoms with Crippen LogP contribution >= 0.6 is 0 Å². The van der Waals surface area contributed by atoms with Crippen LogP contribution in [-0.2, 0) is 9.59 Å². The standard InChI is InChI=1S/C14H26N2O3/c1-5-13(2,3)15-11(17)9-16-8-6-7-14(4,10-16)12(18)19/h5-10H2,1-4H3,(H,15,17)(H,18,19). The van der Waals surface area contributed by atoms with Crippen LogP contribution in [0.4, 0.5) is 0 Å². The van der Waals surface area contributed by atoms with Crippen molar-refractivity contribution in [2.45, 2.75) is 52.5 Å². The molecule has 0 aliphatic carbocycles. The molecule has 0 aromatic heterocycles. The van der Waals surface area contributed by atoms with Crippen molar-refractivity contribution in [3.05, 3.63) is 0 Å². The lowest BCUT2D eigenvalue weighted by Crippen LogP contribution is -2.52. The summed E-state index contributed by atoms with van der Waals surface area (Å²) in [4.78, 5) is 25.2. The predicted molar refractivity (Wildman–Crippen MR) is 73.9 cm³/mol. The smallest absolute Gasteiger partial charge is 0.310 e. The molecule has 0 bridgehead atoms. The first-order valence-electron chi connectivity index (χ1n) is 6.95. The van der Waals surface area contributed by atoms with E-state index in [1.165, 1.54) is 0 Å². The second-order valence-corrected chi connectivity index (χ2v) is 6.47. The molecule has 1 aliphatic heterocycles. The molecule has 5 heteroatoms. The van der Waals surface area contributed by atoms with Gasteiger partial charge in [0.2, 0.25) is 5.91 Å². The number of carbonyl (C=O) groups is 2. The Labute approximate surface area is 115 Å². The van der Waals surface area contributed by atoms with Crippen molar-refractivity contribution in [3.8, 4) is 0 Å². The van der Waals surface area contributed by atoms with Gasteiger partial charge in [0.1, 0.15) is 0 Å². The lowest BCUT2D eigenvalue weighted by Gasteiger charge is -2.37. The molecule has 110 valence electrons. The summed E-state index contributed by atoms with van der Waals surface area (Å²) in [7, 11) is 0. The Balaban J connectivity index is 2.53. The Kier molecular flexibility index (Phi) is 4.96. The summed E-state index contributed by atoms with van der Waals surface area (Å²) in [6.07, 6.45) is 2.37. The Hall–Kier alpha value is -1.10. The van der Waals surface area contributed by atoms with Gasteiger partial charge >= 0.3 is 5.97 Å². The summed E-state index contributed by atoms with van der Waals surface area (Å²) < 4.78 is 0. The number of piperidine rings is 1. The third kappa shape index (κ3) is 4.49. The maximum Gasteiger partial charge on any atom is 0.310 e. The fraction of sp³-hybridized carbons (Fsp3) is 0.857. The average molecular weight is 270 g/mol. The second-order valence-electron chi connectivity index (χ2n) is 6.47. The zero-order valence-corrected chi connectivity index (χ0v) is 12.5. The summed E-state index contributed by atoms with van der Waals surface area (Å²) in [5, 5.41) is 12.2. The highest BCUT2D eigenvalue weighted by Crippen LogP contribution is 2.29. The molecule has 5 nitrogen and oxygen atoms in total. The third-order valence-corrected chi connectivity index (χ3v) is 4.02. The number of carboxylic acids is 1. The van der Waals surface area contributed by atoms with Crippen molar-refractivity contribution in [2.24, 2.45) is 5.41 Å². The van der Waals surface area contributed by atoms with E-state index < -0.39 is 11.4 Å². The number of aliphatic carboxylic acids is 1. The van der Waals surface area contributed by atoms with E-state index in [0.29, 0.717) is 13.0 Å². The van der Waals surface area contributed by atoms with Gasteiger partial charge in [0.25, 0.3) is 0 Å². The van der Waals surface area contributed by atoms with Gasteiger partial charge in [-0.1, -0.05) is 6.92 Å². The van der Waals surface area contributed by atoms with Gasteiger partial charge in [0.15, 0.2) is 0 Å². The normalized spacial score (nSPS) is 25.1. The number of amides is 1. The molecule has 1 amide bonds. The van der Waals surface area contributed by atoms with Gasteiger partial charge in [0.05, 0.1) is 12.0 Å². The molecule has 1 atom stereocenters. The van der Waals surface area contributed by atoms with E-state index in [2.05, 4.69) is 5.32 Å². The van der Waals surface area contributed by atoms with Crippen LogP contribution in [0.2, 0.25) is 0 Å². The Morgan fingerprint density at radius 3 is 2.58 bits per heavy atom. The predicted octanol–water partition coefficient (Wildman–Crippen LogP) is 1.48. The zero-order valence-electron chi connectivity index (χ0n) is 12.5. The van der Waals surface area contributed by atoms with E-state index in [9.17, 15) is 14.7 Å². The number of hydrogen-bond donors (Lipinski definition) is 2. The van der Waals surface area contributed by atoms with Gasteiger partial charge in [-0.3, -0.25) is 14.5 Å². The van der Waals surface area contributed by atoms with Gasteiger partial charge < -0.3 is 10.4 Å². The van der Waals surface area contributed by atoms with Crippen molar-refractivity contribution in [3.63, 3.8) is 0 Å². The Bertz CT molecular complexity index is 355. The van der Waals surface area contributed by atoms with Gasteiger partial charge in [-0.2, -0.15) is 0 Å². The number of carbonyl (C=O) groups excluding carboxylic acids is 1. The largest absolute Gasteiger partial charge is 0.481 e. The van der Waals surface area contributed by atoms with E-state index in [4.69, 9.17) is 0 Å². The third-order valence-electron chi connectivity index (χ3n) is 4.02. The molecular weight excluding hydrogens is 244 g/mol. The summed E-state index contributed by atoms with van der Waals surface area (Å²) in [5.74, 6) is -0.798. The van der Waals surface area contributed by atoms with Gasteiger partial charge in [0, 0.05) is 12.1 Å². The van der Waals surface area contributed by atoms with Crippen molar-refractivity contribution >= 4 is 11.9 Å². The molecule has 1 heterocycles. The first-order valence-corrected chi connectivity index (χ1v) is 6.95. The highest BCUT2D eigenvalue weighted by molar-refractivity contribution is 5.79. The molecule has 19 heavy (non-hydrogen) atoms. The average Bonchev–Trinajstić information content (AvgIpc) is 2.28. The molecule has 0 saturated carbocycles. The molecule has 1 fully saturated rings. The molecule has 1 rings (SSSR count). The fourth-order valence-electron chi connectivity index (χ4n) is 2.36. The van der Waals surface area contributed by atoms with Gasteiger partial charge in [-0.05, 0) is 46.6 Å². The molecule has 0 aromatic rings. The van der Waals surface area contributed by atoms with Gasteiger partial charge in [-0.25, -0.2) is 0 Å².